The van der Waals surface area contributed by atoms with Crippen LogP contribution in [-0.4, -0.2) is 48.7 Å². The first kappa shape index (κ1) is 15.8. The van der Waals surface area contributed by atoms with Crippen molar-refractivity contribution in [3.8, 4) is 0 Å². The highest BCUT2D eigenvalue weighted by atomic mass is 16.5. The molecule has 9 heteroatoms. The van der Waals surface area contributed by atoms with Crippen LogP contribution in [0.25, 0.3) is 0 Å². The number of nitrogens with one attached hydrogen (secondary N) is 2. The third-order valence-corrected chi connectivity index (χ3v) is 1.60. The van der Waals surface area contributed by atoms with Crippen molar-refractivity contribution in [3.63, 3.8) is 0 Å². The summed E-state index contributed by atoms with van der Waals surface area (Å²) in [4.78, 5) is 42.5. The van der Waals surface area contributed by atoms with Crippen LogP contribution in [-0.2, 0) is 19.1 Å². The van der Waals surface area contributed by atoms with Crippen molar-refractivity contribution in [1.29, 1.82) is 0 Å². The van der Waals surface area contributed by atoms with Crippen molar-refractivity contribution in [2.45, 2.75) is 12.8 Å². The molecule has 0 aliphatic carbocycles. The minimum Gasteiger partial charge on any atom is -0.481 e. The second-order valence-corrected chi connectivity index (χ2v) is 3.22. The Morgan fingerprint density at radius 3 is 2.39 bits per heavy atom. The Morgan fingerprint density at radius 2 is 1.83 bits per heavy atom. The van der Waals surface area contributed by atoms with Gasteiger partial charge in [-0.05, 0) is 0 Å². The van der Waals surface area contributed by atoms with Gasteiger partial charge in [0.15, 0.2) is 0 Å². The van der Waals surface area contributed by atoms with Crippen LogP contribution in [0.15, 0.2) is 0 Å². The predicted molar refractivity (Wildman–Crippen MR) is 58.4 cm³/mol. The van der Waals surface area contributed by atoms with E-state index in [0.717, 1.165) is 0 Å². The molecule has 0 atom stereocenters. The summed E-state index contributed by atoms with van der Waals surface area (Å²) in [6.45, 7) is -0.0914. The van der Waals surface area contributed by atoms with Gasteiger partial charge in [0, 0.05) is 13.0 Å². The first-order valence-corrected chi connectivity index (χ1v) is 5.07. The lowest BCUT2D eigenvalue weighted by Crippen LogP contribution is -2.41. The predicted octanol–water partition coefficient (Wildman–Crippen LogP) is -1.82. The van der Waals surface area contributed by atoms with E-state index in [4.69, 9.17) is 15.6 Å². The Labute approximate surface area is 103 Å². The summed E-state index contributed by atoms with van der Waals surface area (Å²) < 4.78 is 4.75. The van der Waals surface area contributed by atoms with Crippen LogP contribution < -0.4 is 16.4 Å². The van der Waals surface area contributed by atoms with E-state index < -0.39 is 23.8 Å². The first-order chi connectivity index (χ1) is 8.41. The van der Waals surface area contributed by atoms with Crippen LogP contribution in [0, 0.1) is 0 Å². The molecule has 0 heterocycles. The average molecular weight is 261 g/mol. The number of carbonyl (C=O) groups is 4. The van der Waals surface area contributed by atoms with Crippen LogP contribution in [0.5, 0.6) is 0 Å². The molecule has 0 rings (SSSR count). The van der Waals surface area contributed by atoms with Crippen LogP contribution in [0.4, 0.5) is 4.79 Å². The maximum absolute atomic E-state index is 11.1. The molecule has 0 saturated carbocycles. The van der Waals surface area contributed by atoms with Gasteiger partial charge in [0.25, 0.3) is 0 Å². The van der Waals surface area contributed by atoms with Gasteiger partial charge in [-0.15, -0.1) is 0 Å². The number of carboxylic acids is 1. The van der Waals surface area contributed by atoms with E-state index in [2.05, 4.69) is 5.32 Å². The average Bonchev–Trinajstić information content (AvgIpc) is 2.25. The molecule has 0 saturated heterocycles. The smallest absolute Gasteiger partial charge is 0.321 e. The Kier molecular flexibility index (Phi) is 7.86. The number of carbonyl (C=O) groups excluding carboxylic acids is 3. The van der Waals surface area contributed by atoms with Crippen LogP contribution in [0.1, 0.15) is 12.8 Å². The second-order valence-electron chi connectivity index (χ2n) is 3.22. The van der Waals surface area contributed by atoms with Crippen molar-refractivity contribution < 1.29 is 29.0 Å². The molecule has 9 nitrogen and oxygen atoms in total. The van der Waals surface area contributed by atoms with E-state index in [1.54, 1.807) is 0 Å². The fourth-order valence-electron chi connectivity index (χ4n) is 0.863. The van der Waals surface area contributed by atoms with Gasteiger partial charge in [0.05, 0.1) is 13.0 Å². The van der Waals surface area contributed by atoms with Gasteiger partial charge >= 0.3 is 12.0 Å². The number of imide groups is 1. The monoisotopic (exact) mass is 261 g/mol. The number of urea groups is 1. The van der Waals surface area contributed by atoms with Crippen LogP contribution in [0.2, 0.25) is 0 Å². The molecule has 0 unspecified atom stereocenters. The lowest BCUT2D eigenvalue weighted by Gasteiger charge is -2.06. The molecule has 0 aromatic rings. The summed E-state index contributed by atoms with van der Waals surface area (Å²) in [6.07, 6.45) is -0.623. The highest BCUT2D eigenvalue weighted by Crippen LogP contribution is 1.87. The Bertz CT molecular complexity index is 330. The number of amides is 4. The van der Waals surface area contributed by atoms with Crippen molar-refractivity contribution in [3.05, 3.63) is 0 Å². The molecular weight excluding hydrogens is 246 g/mol. The number of hydrogen-bond donors (Lipinski definition) is 4. The van der Waals surface area contributed by atoms with E-state index >= 15 is 0 Å². The molecule has 0 fully saturated rings. The summed E-state index contributed by atoms with van der Waals surface area (Å²) in [5.74, 6) is -2.43. The summed E-state index contributed by atoms with van der Waals surface area (Å²) in [7, 11) is 0. The lowest BCUT2D eigenvalue weighted by molar-refractivity contribution is -0.138. The molecule has 5 N–H and O–H groups in total. The minimum atomic E-state index is -1.12. The largest absolute Gasteiger partial charge is 0.481 e. The van der Waals surface area contributed by atoms with E-state index in [1.807, 2.05) is 5.32 Å². The normalized spacial score (nSPS) is 9.56. The fourth-order valence-corrected chi connectivity index (χ4v) is 0.863. The highest BCUT2D eigenvalue weighted by Gasteiger charge is 2.08. The molecule has 0 bridgehead atoms. The molecule has 18 heavy (non-hydrogen) atoms. The minimum absolute atomic E-state index is 0.0691. The zero-order chi connectivity index (χ0) is 14.0. The molecule has 0 spiro atoms. The molecule has 4 amide bonds. The summed E-state index contributed by atoms with van der Waals surface area (Å²) >= 11 is 0. The fraction of sp³-hybridized carbons (Fsp3) is 0.556. The zero-order valence-electron chi connectivity index (χ0n) is 9.60. The Balaban J connectivity index is 3.55. The Morgan fingerprint density at radius 1 is 1.17 bits per heavy atom. The number of rotatable bonds is 8. The number of carboxylic acid groups (broad SMARTS) is 1. The molecule has 102 valence electrons. The number of aliphatic carboxylic acids is 1. The van der Waals surface area contributed by atoms with Crippen molar-refractivity contribution >= 4 is 23.8 Å². The number of ether oxygens (including phenoxy) is 1. The first-order valence-electron chi connectivity index (χ1n) is 5.07. The van der Waals surface area contributed by atoms with Crippen LogP contribution in [0.3, 0.4) is 0 Å². The highest BCUT2D eigenvalue weighted by molar-refractivity contribution is 5.95. The maximum Gasteiger partial charge on any atom is 0.321 e. The standard InChI is InChI=1S/C9H15N3O6/c10-6(13)5-18-4-3-11-9(17)12-7(14)1-2-8(15)16/h1-5H2,(H2,10,13)(H,15,16)(H2,11,12,14,17). The molecule has 0 aliphatic heterocycles. The van der Waals surface area contributed by atoms with Gasteiger partial charge in [0.1, 0.15) is 6.61 Å². The van der Waals surface area contributed by atoms with Gasteiger partial charge in [-0.25, -0.2) is 4.79 Å². The summed E-state index contributed by atoms with van der Waals surface area (Å²) in [5, 5.41) is 12.5. The van der Waals surface area contributed by atoms with Crippen molar-refractivity contribution in [1.82, 2.24) is 10.6 Å². The van der Waals surface area contributed by atoms with Crippen molar-refractivity contribution in [2.24, 2.45) is 5.73 Å². The lowest BCUT2D eigenvalue weighted by atomic mass is 10.3. The van der Waals surface area contributed by atoms with E-state index in [-0.39, 0.29) is 32.6 Å². The zero-order valence-corrected chi connectivity index (χ0v) is 9.60. The van der Waals surface area contributed by atoms with Gasteiger partial charge in [-0.2, -0.15) is 0 Å². The second kappa shape index (κ2) is 8.93. The van der Waals surface area contributed by atoms with Gasteiger partial charge in [0.2, 0.25) is 11.8 Å². The van der Waals surface area contributed by atoms with Gasteiger partial charge < -0.3 is 20.9 Å². The molecule has 0 aromatic heterocycles. The van der Waals surface area contributed by atoms with Crippen molar-refractivity contribution in [2.75, 3.05) is 19.8 Å². The third-order valence-electron chi connectivity index (χ3n) is 1.60. The topological polar surface area (TPSA) is 148 Å². The van der Waals surface area contributed by atoms with Gasteiger partial charge in [-0.3, -0.25) is 19.7 Å². The maximum atomic E-state index is 11.1. The third kappa shape index (κ3) is 10.4. The molecular formula is C9H15N3O6. The van der Waals surface area contributed by atoms with Crippen LogP contribution >= 0.6 is 0 Å². The van der Waals surface area contributed by atoms with E-state index in [1.165, 1.54) is 0 Å². The Hall–Kier alpha value is -2.16. The number of nitrogens with two attached hydrogens (primary N) is 1. The van der Waals surface area contributed by atoms with Gasteiger partial charge in [-0.1, -0.05) is 0 Å². The summed E-state index contributed by atoms with van der Waals surface area (Å²) in [6, 6.07) is -0.756. The number of hydrogen-bond acceptors (Lipinski definition) is 5. The SMILES string of the molecule is NC(=O)COCCNC(=O)NC(=O)CCC(=O)O. The molecule has 0 aliphatic rings. The quantitative estimate of drug-likeness (QED) is 0.378. The molecule has 0 radical (unpaired) electrons. The molecule has 0 aromatic carbocycles. The number of primary amides is 1. The van der Waals surface area contributed by atoms with E-state index in [9.17, 15) is 19.2 Å². The summed E-state index contributed by atoms with van der Waals surface area (Å²) in [5.41, 5.74) is 4.80. The van der Waals surface area contributed by atoms with E-state index in [0.29, 0.717) is 0 Å².